The van der Waals surface area contributed by atoms with Crippen LogP contribution < -0.4 is 10.6 Å². The van der Waals surface area contributed by atoms with E-state index in [-0.39, 0.29) is 12.0 Å². The summed E-state index contributed by atoms with van der Waals surface area (Å²) >= 11 is 0. The maximum atomic E-state index is 11.1. The number of ether oxygens (including phenoxy) is 1. The molecule has 0 aliphatic carbocycles. The van der Waals surface area contributed by atoms with Crippen molar-refractivity contribution in [1.82, 2.24) is 10.6 Å². The summed E-state index contributed by atoms with van der Waals surface area (Å²) in [7, 11) is 5.12. The quantitative estimate of drug-likeness (QED) is 0.497. The Hall–Kier alpha value is -0.610. The van der Waals surface area contributed by atoms with Crippen LogP contribution >= 0.6 is 0 Å². The molecule has 4 heteroatoms. The molecule has 92 valence electrons. The lowest BCUT2D eigenvalue weighted by Crippen LogP contribution is -2.34. The molecule has 0 fully saturated rings. The summed E-state index contributed by atoms with van der Waals surface area (Å²) in [6.45, 7) is 5.00. The van der Waals surface area contributed by atoms with Crippen molar-refractivity contribution in [3.8, 4) is 0 Å². The average molecular weight is 218 g/mol. The van der Waals surface area contributed by atoms with Gasteiger partial charge in [0.25, 0.3) is 0 Å². The van der Waals surface area contributed by atoms with Gasteiger partial charge in [-0.05, 0) is 33.5 Å². The number of carbonyl (C=O) groups is 1. The summed E-state index contributed by atoms with van der Waals surface area (Å²) in [6.07, 6.45) is 2.96. The van der Waals surface area contributed by atoms with Crippen molar-refractivity contribution in [2.45, 2.75) is 39.2 Å². The lowest BCUT2D eigenvalue weighted by atomic mass is 10.1. The summed E-state index contributed by atoms with van der Waals surface area (Å²) in [6, 6.07) is -0.151. The number of nitrogens with one attached hydrogen (secondary N) is 2. The summed E-state index contributed by atoms with van der Waals surface area (Å²) in [5.74, 6) is -0.174. The fraction of sp³-hybridized carbons (Fsp3) is 0.909. The maximum Gasteiger partial charge on any atom is 0.322 e. The molecule has 0 saturated carbocycles. The first-order valence-electron chi connectivity index (χ1n) is 5.66. The van der Waals surface area contributed by atoms with E-state index in [0.717, 1.165) is 25.8 Å². The predicted molar refractivity (Wildman–Crippen MR) is 64.0 cm³/mol. The Morgan fingerprint density at radius 2 is 1.87 bits per heavy atom. The van der Waals surface area contributed by atoms with Crippen molar-refractivity contribution in [2.75, 3.05) is 27.7 Å². The van der Waals surface area contributed by atoms with Gasteiger partial charge in [-0.1, -0.05) is 20.3 Å². The topological polar surface area (TPSA) is 50.4 Å². The Morgan fingerprint density at radius 3 is 2.27 bits per heavy atom. The summed E-state index contributed by atoms with van der Waals surface area (Å²) in [5.41, 5.74) is 0. The van der Waals surface area contributed by atoms with Crippen LogP contribution in [0.2, 0.25) is 0 Å². The Balaban J connectivity index is 0. The van der Waals surface area contributed by atoms with Gasteiger partial charge >= 0.3 is 5.97 Å². The van der Waals surface area contributed by atoms with E-state index in [1.165, 1.54) is 7.11 Å². The van der Waals surface area contributed by atoms with Crippen LogP contribution in [0, 0.1) is 0 Å². The highest BCUT2D eigenvalue weighted by Crippen LogP contribution is 2.01. The van der Waals surface area contributed by atoms with Crippen LogP contribution in [-0.4, -0.2) is 39.8 Å². The molecule has 15 heavy (non-hydrogen) atoms. The molecule has 0 saturated heterocycles. The molecule has 0 aliphatic heterocycles. The average Bonchev–Trinajstić information content (AvgIpc) is 2.31. The van der Waals surface area contributed by atoms with E-state index in [4.69, 9.17) is 0 Å². The highest BCUT2D eigenvalue weighted by molar-refractivity contribution is 5.75. The number of rotatable bonds is 7. The minimum atomic E-state index is -0.174. The zero-order chi connectivity index (χ0) is 12.1. The molecule has 0 spiro atoms. The number of esters is 1. The van der Waals surface area contributed by atoms with E-state index in [2.05, 4.69) is 15.4 Å². The summed E-state index contributed by atoms with van der Waals surface area (Å²) in [4.78, 5) is 11.1. The van der Waals surface area contributed by atoms with Crippen LogP contribution in [0.3, 0.4) is 0 Å². The van der Waals surface area contributed by atoms with Gasteiger partial charge in [-0.3, -0.25) is 4.79 Å². The normalized spacial score (nSPS) is 11.3. The highest BCUT2D eigenvalue weighted by atomic mass is 16.5. The van der Waals surface area contributed by atoms with Gasteiger partial charge in [0.15, 0.2) is 0 Å². The van der Waals surface area contributed by atoms with Crippen molar-refractivity contribution < 1.29 is 9.53 Å². The Kier molecular flexibility index (Phi) is 15.0. The zero-order valence-electron chi connectivity index (χ0n) is 10.7. The zero-order valence-corrected chi connectivity index (χ0v) is 10.7. The van der Waals surface area contributed by atoms with Crippen molar-refractivity contribution in [3.05, 3.63) is 0 Å². The standard InChI is InChI=1S/C9H20N2O2.C2H6/c1-10-7-5-4-6-8(11-2)9(12)13-3;1-2/h8,10-11H,4-7H2,1-3H3;1-2H3. The Morgan fingerprint density at radius 1 is 1.27 bits per heavy atom. The second-order valence-corrected chi connectivity index (χ2v) is 2.96. The molecule has 0 heterocycles. The first-order valence-corrected chi connectivity index (χ1v) is 5.66. The fourth-order valence-corrected chi connectivity index (χ4v) is 1.17. The smallest absolute Gasteiger partial charge is 0.322 e. The van der Waals surface area contributed by atoms with Crippen molar-refractivity contribution in [2.24, 2.45) is 0 Å². The summed E-state index contributed by atoms with van der Waals surface area (Å²) in [5, 5.41) is 6.00. The molecule has 0 aromatic carbocycles. The number of carbonyl (C=O) groups excluding carboxylic acids is 1. The molecule has 0 bridgehead atoms. The van der Waals surface area contributed by atoms with Crippen molar-refractivity contribution in [1.29, 1.82) is 0 Å². The monoisotopic (exact) mass is 218 g/mol. The molecule has 0 radical (unpaired) electrons. The number of hydrogen-bond acceptors (Lipinski definition) is 4. The third kappa shape index (κ3) is 9.69. The van der Waals surface area contributed by atoms with Gasteiger partial charge in [-0.15, -0.1) is 0 Å². The minimum absolute atomic E-state index is 0.151. The van der Waals surface area contributed by atoms with Gasteiger partial charge in [0, 0.05) is 0 Å². The third-order valence-corrected chi connectivity index (χ3v) is 2.00. The molecule has 0 amide bonds. The molecule has 0 aliphatic rings. The van der Waals surface area contributed by atoms with Gasteiger partial charge in [-0.2, -0.15) is 0 Å². The van der Waals surface area contributed by atoms with Gasteiger partial charge in [0.05, 0.1) is 7.11 Å². The van der Waals surface area contributed by atoms with Crippen LogP contribution in [0.1, 0.15) is 33.1 Å². The molecule has 1 atom stereocenters. The van der Waals surface area contributed by atoms with Gasteiger partial charge in [-0.25, -0.2) is 0 Å². The van der Waals surface area contributed by atoms with Gasteiger partial charge in [0.1, 0.15) is 6.04 Å². The predicted octanol–water partition coefficient (Wildman–Crippen LogP) is 1.16. The van der Waals surface area contributed by atoms with Crippen molar-refractivity contribution in [3.63, 3.8) is 0 Å². The van der Waals surface area contributed by atoms with Crippen LogP contribution in [-0.2, 0) is 9.53 Å². The number of unbranched alkanes of at least 4 members (excludes halogenated alkanes) is 1. The number of likely N-dealkylation sites (N-methyl/N-ethyl adjacent to an activating group) is 1. The summed E-state index contributed by atoms with van der Waals surface area (Å²) < 4.78 is 4.64. The Bertz CT molecular complexity index is 141. The van der Waals surface area contributed by atoms with Crippen LogP contribution in [0.5, 0.6) is 0 Å². The first kappa shape index (κ1) is 16.8. The van der Waals surface area contributed by atoms with Crippen molar-refractivity contribution >= 4 is 5.97 Å². The highest BCUT2D eigenvalue weighted by Gasteiger charge is 2.15. The molecule has 4 nitrogen and oxygen atoms in total. The molecule has 0 aromatic rings. The van der Waals surface area contributed by atoms with E-state index in [9.17, 15) is 4.79 Å². The maximum absolute atomic E-state index is 11.1. The largest absolute Gasteiger partial charge is 0.468 e. The molecular weight excluding hydrogens is 192 g/mol. The van der Waals surface area contributed by atoms with E-state index in [1.807, 2.05) is 20.9 Å². The number of hydrogen-bond donors (Lipinski definition) is 2. The van der Waals surface area contributed by atoms with E-state index >= 15 is 0 Å². The second kappa shape index (κ2) is 13.4. The fourth-order valence-electron chi connectivity index (χ4n) is 1.17. The van der Waals surface area contributed by atoms with E-state index < -0.39 is 0 Å². The SMILES string of the molecule is CC.CNCCCCC(NC)C(=O)OC. The van der Waals surface area contributed by atoms with E-state index in [0.29, 0.717) is 0 Å². The lowest BCUT2D eigenvalue weighted by Gasteiger charge is -2.12. The second-order valence-electron chi connectivity index (χ2n) is 2.96. The number of methoxy groups -OCH3 is 1. The first-order chi connectivity index (χ1) is 7.26. The lowest BCUT2D eigenvalue weighted by molar-refractivity contribution is -0.143. The third-order valence-electron chi connectivity index (χ3n) is 2.00. The minimum Gasteiger partial charge on any atom is -0.468 e. The van der Waals surface area contributed by atoms with E-state index in [1.54, 1.807) is 7.05 Å². The molecule has 0 rings (SSSR count). The Labute approximate surface area is 93.8 Å². The van der Waals surface area contributed by atoms with Crippen LogP contribution in [0.4, 0.5) is 0 Å². The molecular formula is C11H26N2O2. The van der Waals surface area contributed by atoms with Gasteiger partial charge < -0.3 is 15.4 Å². The molecule has 0 aromatic heterocycles. The molecule has 2 N–H and O–H groups in total. The van der Waals surface area contributed by atoms with Crippen LogP contribution in [0.15, 0.2) is 0 Å². The molecule has 1 unspecified atom stereocenters. The van der Waals surface area contributed by atoms with Gasteiger partial charge in [0.2, 0.25) is 0 Å². The van der Waals surface area contributed by atoms with Crippen LogP contribution in [0.25, 0.3) is 0 Å².